The number of aliphatic hydroxyl groups is 1. The van der Waals surface area contributed by atoms with Crippen LogP contribution >= 0.6 is 11.3 Å². The predicted molar refractivity (Wildman–Crippen MR) is 126 cm³/mol. The predicted octanol–water partition coefficient (Wildman–Crippen LogP) is 4.61. The smallest absolute Gasteiger partial charge is 0.265 e. The van der Waals surface area contributed by atoms with Gasteiger partial charge in [-0.1, -0.05) is 18.2 Å². The normalized spacial score (nSPS) is 14.8. The highest BCUT2D eigenvalue weighted by atomic mass is 32.1. The molecule has 7 heteroatoms. The Morgan fingerprint density at radius 2 is 1.77 bits per heavy atom. The maximum atomic E-state index is 12.9. The van der Waals surface area contributed by atoms with Crippen LogP contribution in [-0.4, -0.2) is 40.0 Å². The van der Waals surface area contributed by atoms with Crippen LogP contribution in [0.25, 0.3) is 15.9 Å². The molecule has 1 amide bonds. The number of benzene rings is 2. The molecule has 0 atom stereocenters. The molecular weight excluding hydrogens is 408 g/mol. The van der Waals surface area contributed by atoms with Gasteiger partial charge in [0.05, 0.1) is 22.4 Å². The first kappa shape index (κ1) is 19.8. The molecule has 0 saturated carbocycles. The van der Waals surface area contributed by atoms with Crippen molar-refractivity contribution in [3.63, 3.8) is 0 Å². The second kappa shape index (κ2) is 8.17. The average molecular weight is 433 g/mol. The number of thiophene rings is 1. The standard InChI is InChI=1S/C24H24N4O2S/c1-16-21-15-22(31-24(21)28(26-16)19-5-3-2-4-6-19)23(30)25-17-7-9-18(10-8-17)27-13-11-20(29)12-14-27/h2-10,15,20,29H,11-14H2,1H3,(H,25,30). The number of anilines is 2. The Kier molecular flexibility index (Phi) is 5.21. The molecule has 0 spiro atoms. The summed E-state index contributed by atoms with van der Waals surface area (Å²) in [4.78, 5) is 16.8. The first-order valence-electron chi connectivity index (χ1n) is 10.5. The van der Waals surface area contributed by atoms with Crippen molar-refractivity contribution in [3.05, 3.63) is 71.2 Å². The fourth-order valence-electron chi connectivity index (χ4n) is 3.98. The van der Waals surface area contributed by atoms with Gasteiger partial charge >= 0.3 is 0 Å². The Hall–Kier alpha value is -3.16. The number of rotatable bonds is 4. The van der Waals surface area contributed by atoms with Gasteiger partial charge in [-0.25, -0.2) is 4.68 Å². The van der Waals surface area contributed by atoms with Crippen molar-refractivity contribution in [2.45, 2.75) is 25.9 Å². The fourth-order valence-corrected chi connectivity index (χ4v) is 5.05. The molecule has 1 aliphatic heterocycles. The highest BCUT2D eigenvalue weighted by molar-refractivity contribution is 7.20. The van der Waals surface area contributed by atoms with Gasteiger partial charge in [-0.2, -0.15) is 5.10 Å². The lowest BCUT2D eigenvalue weighted by atomic mass is 10.1. The van der Waals surface area contributed by atoms with E-state index >= 15 is 0 Å². The minimum Gasteiger partial charge on any atom is -0.393 e. The minimum atomic E-state index is -0.186. The number of aromatic nitrogens is 2. The van der Waals surface area contributed by atoms with Crippen LogP contribution in [-0.2, 0) is 0 Å². The van der Waals surface area contributed by atoms with Gasteiger partial charge < -0.3 is 15.3 Å². The molecule has 0 bridgehead atoms. The summed E-state index contributed by atoms with van der Waals surface area (Å²) in [6, 6.07) is 19.8. The van der Waals surface area contributed by atoms with Crippen molar-refractivity contribution in [1.29, 1.82) is 0 Å². The second-order valence-corrected chi connectivity index (χ2v) is 8.91. The third-order valence-corrected chi connectivity index (χ3v) is 6.83. The Morgan fingerprint density at radius 3 is 2.48 bits per heavy atom. The van der Waals surface area contributed by atoms with E-state index in [0.717, 1.165) is 58.9 Å². The molecule has 0 unspecified atom stereocenters. The molecular formula is C24H24N4O2S. The molecule has 1 fully saturated rings. The molecule has 0 aliphatic carbocycles. The maximum Gasteiger partial charge on any atom is 0.265 e. The van der Waals surface area contributed by atoms with E-state index < -0.39 is 0 Å². The van der Waals surface area contributed by atoms with Crippen LogP contribution in [0, 0.1) is 6.92 Å². The molecule has 158 valence electrons. The van der Waals surface area contributed by atoms with Crippen LogP contribution in [0.4, 0.5) is 11.4 Å². The molecule has 0 radical (unpaired) electrons. The zero-order valence-corrected chi connectivity index (χ0v) is 18.1. The van der Waals surface area contributed by atoms with Gasteiger partial charge in [-0.15, -0.1) is 11.3 Å². The number of aliphatic hydroxyl groups excluding tert-OH is 1. The van der Waals surface area contributed by atoms with E-state index in [4.69, 9.17) is 0 Å². The van der Waals surface area contributed by atoms with Gasteiger partial charge in [0.15, 0.2) is 0 Å². The van der Waals surface area contributed by atoms with Crippen molar-refractivity contribution in [2.24, 2.45) is 0 Å². The number of amides is 1. The molecule has 2 N–H and O–H groups in total. The summed E-state index contributed by atoms with van der Waals surface area (Å²) in [6.07, 6.45) is 1.41. The fraction of sp³-hybridized carbons (Fsp3) is 0.250. The Morgan fingerprint density at radius 1 is 1.06 bits per heavy atom. The van der Waals surface area contributed by atoms with Gasteiger partial charge in [-0.05, 0) is 62.2 Å². The monoisotopic (exact) mass is 432 g/mol. The summed E-state index contributed by atoms with van der Waals surface area (Å²) in [5.74, 6) is -0.117. The van der Waals surface area contributed by atoms with E-state index in [2.05, 4.69) is 15.3 Å². The summed E-state index contributed by atoms with van der Waals surface area (Å²) in [7, 11) is 0. The number of piperidine rings is 1. The third-order valence-electron chi connectivity index (χ3n) is 5.72. The van der Waals surface area contributed by atoms with E-state index in [1.165, 1.54) is 11.3 Å². The lowest BCUT2D eigenvalue weighted by Gasteiger charge is -2.31. The third kappa shape index (κ3) is 3.94. The van der Waals surface area contributed by atoms with Gasteiger partial charge in [0, 0.05) is 29.9 Å². The number of nitrogens with zero attached hydrogens (tertiary/aromatic N) is 3. The maximum absolute atomic E-state index is 12.9. The number of hydrogen-bond donors (Lipinski definition) is 2. The number of carbonyl (C=O) groups excluding carboxylic acids is 1. The van der Waals surface area contributed by atoms with Crippen LogP contribution in [0.1, 0.15) is 28.2 Å². The first-order valence-corrected chi connectivity index (χ1v) is 11.3. The summed E-state index contributed by atoms with van der Waals surface area (Å²) in [5.41, 5.74) is 3.77. The van der Waals surface area contributed by atoms with Crippen molar-refractivity contribution < 1.29 is 9.90 Å². The molecule has 3 heterocycles. The summed E-state index contributed by atoms with van der Waals surface area (Å²) < 4.78 is 1.90. The second-order valence-electron chi connectivity index (χ2n) is 7.88. The summed E-state index contributed by atoms with van der Waals surface area (Å²) in [5, 5.41) is 18.3. The van der Waals surface area contributed by atoms with E-state index in [1.807, 2.05) is 72.3 Å². The molecule has 2 aromatic carbocycles. The zero-order chi connectivity index (χ0) is 21.4. The van der Waals surface area contributed by atoms with Crippen molar-refractivity contribution in [3.8, 4) is 5.69 Å². The quantitative estimate of drug-likeness (QED) is 0.494. The Bertz CT molecular complexity index is 1210. The molecule has 31 heavy (non-hydrogen) atoms. The average Bonchev–Trinajstić information content (AvgIpc) is 3.36. The highest BCUT2D eigenvalue weighted by Crippen LogP contribution is 2.31. The van der Waals surface area contributed by atoms with Crippen LogP contribution in [0.5, 0.6) is 0 Å². The number of nitrogens with one attached hydrogen (secondary N) is 1. The SMILES string of the molecule is Cc1nn(-c2ccccc2)c2sc(C(=O)Nc3ccc(N4CCC(O)CC4)cc3)cc12. The van der Waals surface area contributed by atoms with Crippen LogP contribution in [0.3, 0.4) is 0 Å². The summed E-state index contributed by atoms with van der Waals surface area (Å²) in [6.45, 7) is 3.67. The van der Waals surface area contributed by atoms with E-state index in [1.54, 1.807) is 0 Å². The van der Waals surface area contributed by atoms with Crippen molar-refractivity contribution in [1.82, 2.24) is 9.78 Å². The van der Waals surface area contributed by atoms with Crippen molar-refractivity contribution in [2.75, 3.05) is 23.3 Å². The molecule has 1 saturated heterocycles. The number of carbonyl (C=O) groups is 1. The molecule has 5 rings (SSSR count). The topological polar surface area (TPSA) is 70.4 Å². The molecule has 6 nitrogen and oxygen atoms in total. The zero-order valence-electron chi connectivity index (χ0n) is 17.3. The Balaban J connectivity index is 1.34. The molecule has 4 aromatic rings. The van der Waals surface area contributed by atoms with Gasteiger partial charge in [0.1, 0.15) is 4.83 Å². The van der Waals surface area contributed by atoms with Crippen LogP contribution < -0.4 is 10.2 Å². The minimum absolute atomic E-state index is 0.117. The van der Waals surface area contributed by atoms with Crippen molar-refractivity contribution >= 4 is 38.8 Å². The van der Waals surface area contributed by atoms with Gasteiger partial charge in [0.2, 0.25) is 0 Å². The highest BCUT2D eigenvalue weighted by Gasteiger charge is 2.19. The van der Waals surface area contributed by atoms with E-state index in [9.17, 15) is 9.90 Å². The largest absolute Gasteiger partial charge is 0.393 e. The van der Waals surface area contributed by atoms with E-state index in [0.29, 0.717) is 4.88 Å². The molecule has 1 aliphatic rings. The number of fused-ring (bicyclic) bond motifs is 1. The number of para-hydroxylation sites is 1. The summed E-state index contributed by atoms with van der Waals surface area (Å²) >= 11 is 1.45. The lowest BCUT2D eigenvalue weighted by Crippen LogP contribution is -2.35. The van der Waals surface area contributed by atoms with Gasteiger partial charge in [0.25, 0.3) is 5.91 Å². The van der Waals surface area contributed by atoms with Crippen LogP contribution in [0.2, 0.25) is 0 Å². The first-order chi connectivity index (χ1) is 15.1. The van der Waals surface area contributed by atoms with Crippen LogP contribution in [0.15, 0.2) is 60.7 Å². The number of hydrogen-bond acceptors (Lipinski definition) is 5. The molecule has 2 aromatic heterocycles. The Labute approximate surface area is 184 Å². The number of aryl methyl sites for hydroxylation is 1. The van der Waals surface area contributed by atoms with E-state index in [-0.39, 0.29) is 12.0 Å². The lowest BCUT2D eigenvalue weighted by molar-refractivity contribution is 0.103. The van der Waals surface area contributed by atoms with Gasteiger partial charge in [-0.3, -0.25) is 4.79 Å².